The van der Waals surface area contributed by atoms with Crippen molar-refractivity contribution >= 4 is 15.7 Å². The Labute approximate surface area is 107 Å². The average Bonchev–Trinajstić information content (AvgIpc) is 2.24. The molecule has 0 aliphatic carbocycles. The van der Waals surface area contributed by atoms with Gasteiger partial charge >= 0.3 is 0 Å². The first-order valence-corrected chi connectivity index (χ1v) is 7.27. The summed E-state index contributed by atoms with van der Waals surface area (Å²) in [5, 5.41) is 0. The van der Waals surface area contributed by atoms with Gasteiger partial charge in [-0.2, -0.15) is 0 Å². The van der Waals surface area contributed by atoms with Crippen molar-refractivity contribution in [3.8, 4) is 0 Å². The van der Waals surface area contributed by atoms with Crippen LogP contribution in [0.2, 0.25) is 0 Å². The molecule has 0 saturated carbocycles. The van der Waals surface area contributed by atoms with Crippen LogP contribution in [-0.2, 0) is 14.7 Å². The molecular formula is C12H17NO4S. The minimum absolute atomic E-state index is 0.103. The number of benzene rings is 1. The van der Waals surface area contributed by atoms with E-state index in [0.717, 1.165) is 6.26 Å². The Kier molecular flexibility index (Phi) is 4.13. The monoisotopic (exact) mass is 271 g/mol. The minimum Gasteiger partial charge on any atom is -0.268 e. The molecule has 18 heavy (non-hydrogen) atoms. The Hall–Kier alpha value is -1.40. The first kappa shape index (κ1) is 14.7. The van der Waals surface area contributed by atoms with E-state index >= 15 is 0 Å². The fourth-order valence-corrected chi connectivity index (χ4v) is 1.79. The molecule has 100 valence electrons. The van der Waals surface area contributed by atoms with E-state index in [2.05, 4.69) is 5.48 Å². The van der Waals surface area contributed by atoms with E-state index < -0.39 is 21.3 Å². The lowest BCUT2D eigenvalue weighted by molar-refractivity contribution is -0.0589. The summed E-state index contributed by atoms with van der Waals surface area (Å²) in [5.41, 5.74) is 2.01. The van der Waals surface area contributed by atoms with Crippen molar-refractivity contribution in [2.24, 2.45) is 0 Å². The summed E-state index contributed by atoms with van der Waals surface area (Å²) >= 11 is 0. The van der Waals surface area contributed by atoms with Crippen molar-refractivity contribution in [2.75, 3.05) is 6.26 Å². The standard InChI is InChI=1S/C12H17NO4S/c1-12(2,3)17-13-11(14)9-6-5-7-10(8-9)18(4,15)16/h5-8H,1-4H3,(H,13,14). The Bertz CT molecular complexity index is 543. The number of rotatable bonds is 3. The number of sulfone groups is 1. The highest BCUT2D eigenvalue weighted by molar-refractivity contribution is 7.90. The van der Waals surface area contributed by atoms with Gasteiger partial charge in [0, 0.05) is 11.8 Å². The lowest BCUT2D eigenvalue weighted by atomic mass is 10.2. The van der Waals surface area contributed by atoms with Crippen LogP contribution in [0.25, 0.3) is 0 Å². The van der Waals surface area contributed by atoms with Crippen molar-refractivity contribution in [3.63, 3.8) is 0 Å². The molecule has 0 radical (unpaired) electrons. The third-order valence-electron chi connectivity index (χ3n) is 1.97. The van der Waals surface area contributed by atoms with Crippen molar-refractivity contribution in [2.45, 2.75) is 31.3 Å². The second-order valence-electron chi connectivity index (χ2n) is 4.95. The van der Waals surface area contributed by atoms with Crippen LogP contribution in [0, 0.1) is 0 Å². The van der Waals surface area contributed by atoms with E-state index in [4.69, 9.17) is 4.84 Å². The molecule has 1 aromatic rings. The van der Waals surface area contributed by atoms with Crippen molar-refractivity contribution in [3.05, 3.63) is 29.8 Å². The summed E-state index contributed by atoms with van der Waals surface area (Å²) in [6, 6.07) is 5.80. The fraction of sp³-hybridized carbons (Fsp3) is 0.417. The number of hydrogen-bond donors (Lipinski definition) is 1. The van der Waals surface area contributed by atoms with E-state index in [1.165, 1.54) is 24.3 Å². The highest BCUT2D eigenvalue weighted by atomic mass is 32.2. The SMILES string of the molecule is CC(C)(C)ONC(=O)c1cccc(S(C)(=O)=O)c1. The highest BCUT2D eigenvalue weighted by Gasteiger charge is 2.15. The van der Waals surface area contributed by atoms with Gasteiger partial charge in [-0.15, -0.1) is 0 Å². The maximum Gasteiger partial charge on any atom is 0.274 e. The second-order valence-corrected chi connectivity index (χ2v) is 6.96. The topological polar surface area (TPSA) is 72.5 Å². The van der Waals surface area contributed by atoms with Gasteiger partial charge in [-0.25, -0.2) is 13.9 Å². The largest absolute Gasteiger partial charge is 0.274 e. The van der Waals surface area contributed by atoms with Crippen LogP contribution in [0.1, 0.15) is 31.1 Å². The van der Waals surface area contributed by atoms with Crippen LogP contribution >= 0.6 is 0 Å². The van der Waals surface area contributed by atoms with Crippen LogP contribution in [0.15, 0.2) is 29.2 Å². The van der Waals surface area contributed by atoms with Gasteiger partial charge in [0.2, 0.25) is 0 Å². The molecule has 0 fully saturated rings. The Morgan fingerprint density at radius 3 is 2.39 bits per heavy atom. The highest BCUT2D eigenvalue weighted by Crippen LogP contribution is 2.12. The lowest BCUT2D eigenvalue weighted by Crippen LogP contribution is -2.33. The van der Waals surface area contributed by atoms with Crippen LogP contribution in [0.3, 0.4) is 0 Å². The smallest absolute Gasteiger partial charge is 0.268 e. The molecule has 1 amide bonds. The molecule has 5 nitrogen and oxygen atoms in total. The van der Waals surface area contributed by atoms with Crippen molar-refractivity contribution < 1.29 is 18.0 Å². The van der Waals surface area contributed by atoms with Gasteiger partial charge in [-0.3, -0.25) is 9.63 Å². The number of nitrogens with one attached hydrogen (secondary N) is 1. The number of carbonyl (C=O) groups is 1. The number of hydroxylamine groups is 1. The number of carbonyl (C=O) groups excluding carboxylic acids is 1. The zero-order chi connectivity index (χ0) is 14.0. The molecule has 0 aliphatic heterocycles. The molecule has 0 saturated heterocycles. The predicted octanol–water partition coefficient (Wildman–Crippen LogP) is 1.55. The number of hydrogen-bond acceptors (Lipinski definition) is 4. The van der Waals surface area contributed by atoms with Gasteiger partial charge in [-0.1, -0.05) is 6.07 Å². The van der Waals surface area contributed by atoms with Gasteiger partial charge in [0.05, 0.1) is 10.5 Å². The van der Waals surface area contributed by atoms with E-state index in [-0.39, 0.29) is 10.5 Å². The van der Waals surface area contributed by atoms with E-state index in [9.17, 15) is 13.2 Å². The summed E-state index contributed by atoms with van der Waals surface area (Å²) in [5.74, 6) is -0.476. The molecule has 1 aromatic carbocycles. The average molecular weight is 271 g/mol. The van der Waals surface area contributed by atoms with E-state index in [1.807, 2.05) is 0 Å². The molecule has 0 aromatic heterocycles. The van der Waals surface area contributed by atoms with Crippen LogP contribution < -0.4 is 5.48 Å². The van der Waals surface area contributed by atoms with Gasteiger partial charge < -0.3 is 0 Å². The first-order chi connectivity index (χ1) is 8.09. The van der Waals surface area contributed by atoms with Crippen LogP contribution in [-0.4, -0.2) is 26.2 Å². The van der Waals surface area contributed by atoms with Crippen molar-refractivity contribution in [1.82, 2.24) is 5.48 Å². The van der Waals surface area contributed by atoms with E-state index in [0.29, 0.717) is 0 Å². The summed E-state index contributed by atoms with van der Waals surface area (Å²) < 4.78 is 22.7. The summed E-state index contributed by atoms with van der Waals surface area (Å²) in [6.07, 6.45) is 1.09. The van der Waals surface area contributed by atoms with Gasteiger partial charge in [0.25, 0.3) is 5.91 Å². The first-order valence-electron chi connectivity index (χ1n) is 5.38. The zero-order valence-electron chi connectivity index (χ0n) is 10.9. The summed E-state index contributed by atoms with van der Waals surface area (Å²) in [7, 11) is -3.32. The van der Waals surface area contributed by atoms with Gasteiger partial charge in [-0.05, 0) is 39.0 Å². The fourth-order valence-electron chi connectivity index (χ4n) is 1.13. The second kappa shape index (κ2) is 5.07. The number of amides is 1. The molecule has 6 heteroatoms. The van der Waals surface area contributed by atoms with Crippen molar-refractivity contribution in [1.29, 1.82) is 0 Å². The predicted molar refractivity (Wildman–Crippen MR) is 67.9 cm³/mol. The normalized spacial score (nSPS) is 12.2. The Morgan fingerprint density at radius 1 is 1.28 bits per heavy atom. The molecule has 0 bridgehead atoms. The summed E-state index contributed by atoms with van der Waals surface area (Å²) in [6.45, 7) is 5.38. The minimum atomic E-state index is -3.32. The zero-order valence-corrected chi connectivity index (χ0v) is 11.7. The molecule has 0 heterocycles. The third kappa shape index (κ3) is 4.46. The summed E-state index contributed by atoms with van der Waals surface area (Å²) in [4.78, 5) is 17.0. The molecule has 0 unspecified atom stereocenters. The quantitative estimate of drug-likeness (QED) is 0.847. The molecule has 1 N–H and O–H groups in total. The lowest BCUT2D eigenvalue weighted by Gasteiger charge is -2.18. The molecule has 0 atom stereocenters. The van der Waals surface area contributed by atoms with Crippen LogP contribution in [0.4, 0.5) is 0 Å². The maximum atomic E-state index is 11.7. The molecule has 0 aliphatic rings. The molecule has 1 rings (SSSR count). The Morgan fingerprint density at radius 2 is 1.89 bits per heavy atom. The van der Waals surface area contributed by atoms with E-state index in [1.54, 1.807) is 20.8 Å². The maximum absolute atomic E-state index is 11.7. The van der Waals surface area contributed by atoms with Gasteiger partial charge in [0.15, 0.2) is 9.84 Å². The molecular weight excluding hydrogens is 254 g/mol. The van der Waals surface area contributed by atoms with Gasteiger partial charge in [0.1, 0.15) is 0 Å². The third-order valence-corrected chi connectivity index (χ3v) is 3.08. The molecule has 0 spiro atoms. The van der Waals surface area contributed by atoms with Crippen LogP contribution in [0.5, 0.6) is 0 Å². The Balaban J connectivity index is 2.88.